The van der Waals surface area contributed by atoms with Crippen molar-refractivity contribution in [3.8, 4) is 0 Å². The van der Waals surface area contributed by atoms with Gasteiger partial charge >= 0.3 is 0 Å². The number of anilines is 1. The molecule has 1 aliphatic heterocycles. The number of nitrogens with one attached hydrogen (secondary N) is 1. The minimum Gasteiger partial charge on any atom is -0.384 e. The highest BCUT2D eigenvalue weighted by atomic mass is 32.2. The van der Waals surface area contributed by atoms with E-state index in [0.717, 1.165) is 24.9 Å². The molecular weight excluding hydrogens is 222 g/mol. The Labute approximate surface area is 96.8 Å². The number of hydrogen-bond donors (Lipinski definition) is 1. The molecule has 0 bridgehead atoms. The highest BCUT2D eigenvalue weighted by Gasteiger charge is 2.28. The van der Waals surface area contributed by atoms with E-state index in [1.54, 1.807) is 0 Å². The molecule has 4 heteroatoms. The van der Waals surface area contributed by atoms with Crippen molar-refractivity contribution in [3.05, 3.63) is 30.3 Å². The third kappa shape index (κ3) is 2.76. The summed E-state index contributed by atoms with van der Waals surface area (Å²) in [6, 6.07) is 9.74. The minimum atomic E-state index is -2.86. The number of sulfone groups is 1. The fraction of sp³-hybridized carbons (Fsp3) is 0.500. The van der Waals surface area contributed by atoms with Crippen LogP contribution >= 0.6 is 0 Å². The maximum atomic E-state index is 11.8. The Hall–Kier alpha value is -1.03. The van der Waals surface area contributed by atoms with Crippen molar-refractivity contribution < 1.29 is 8.42 Å². The fourth-order valence-corrected chi connectivity index (χ4v) is 3.84. The van der Waals surface area contributed by atoms with Crippen molar-refractivity contribution in [2.75, 3.05) is 17.6 Å². The Kier molecular flexibility index (Phi) is 3.49. The van der Waals surface area contributed by atoms with Crippen LogP contribution < -0.4 is 5.32 Å². The molecule has 16 heavy (non-hydrogen) atoms. The van der Waals surface area contributed by atoms with Crippen LogP contribution in [0.15, 0.2) is 30.3 Å². The Morgan fingerprint density at radius 3 is 2.62 bits per heavy atom. The predicted molar refractivity (Wildman–Crippen MR) is 66.4 cm³/mol. The summed E-state index contributed by atoms with van der Waals surface area (Å²) in [4.78, 5) is 0. The maximum absolute atomic E-state index is 11.8. The van der Waals surface area contributed by atoms with E-state index in [9.17, 15) is 8.42 Å². The lowest BCUT2D eigenvalue weighted by atomic mass is 10.2. The monoisotopic (exact) mass is 239 g/mol. The molecule has 1 aromatic rings. The summed E-state index contributed by atoms with van der Waals surface area (Å²) >= 11 is 0. The van der Waals surface area contributed by atoms with Crippen molar-refractivity contribution in [3.63, 3.8) is 0 Å². The summed E-state index contributed by atoms with van der Waals surface area (Å²) in [5.41, 5.74) is 0.989. The van der Waals surface area contributed by atoms with Crippen molar-refractivity contribution >= 4 is 15.5 Å². The van der Waals surface area contributed by atoms with E-state index in [1.165, 1.54) is 0 Å². The SMILES string of the molecule is O=S1(=O)CCCCC1CNc1ccccc1. The number of para-hydroxylation sites is 1. The molecule has 88 valence electrons. The van der Waals surface area contributed by atoms with Crippen molar-refractivity contribution in [2.45, 2.75) is 24.5 Å². The van der Waals surface area contributed by atoms with E-state index >= 15 is 0 Å². The molecule has 1 fully saturated rings. The second-order valence-electron chi connectivity index (χ2n) is 4.23. The van der Waals surface area contributed by atoms with E-state index in [4.69, 9.17) is 0 Å². The van der Waals surface area contributed by atoms with Crippen LogP contribution in [0, 0.1) is 0 Å². The molecule has 1 saturated heterocycles. The lowest BCUT2D eigenvalue weighted by Gasteiger charge is -2.22. The summed E-state index contributed by atoms with van der Waals surface area (Å²) in [5, 5.41) is 2.98. The minimum absolute atomic E-state index is 0.207. The van der Waals surface area contributed by atoms with Crippen molar-refractivity contribution in [1.82, 2.24) is 0 Å². The highest BCUT2D eigenvalue weighted by Crippen LogP contribution is 2.20. The summed E-state index contributed by atoms with van der Waals surface area (Å²) in [5.74, 6) is 0.355. The van der Waals surface area contributed by atoms with Crippen LogP contribution in [-0.2, 0) is 9.84 Å². The summed E-state index contributed by atoms with van der Waals surface area (Å²) in [6.07, 6.45) is 2.65. The van der Waals surface area contributed by atoms with Crippen LogP contribution in [0.5, 0.6) is 0 Å². The van der Waals surface area contributed by atoms with Crippen molar-refractivity contribution in [2.24, 2.45) is 0 Å². The Morgan fingerprint density at radius 1 is 1.19 bits per heavy atom. The second-order valence-corrected chi connectivity index (χ2v) is 6.63. The van der Waals surface area contributed by atoms with Gasteiger partial charge < -0.3 is 5.32 Å². The van der Waals surface area contributed by atoms with Crippen LogP contribution in [0.25, 0.3) is 0 Å². The second kappa shape index (κ2) is 4.87. The topological polar surface area (TPSA) is 46.2 Å². The van der Waals surface area contributed by atoms with Crippen LogP contribution in [-0.4, -0.2) is 26.0 Å². The average molecular weight is 239 g/mol. The van der Waals surface area contributed by atoms with Crippen LogP contribution in [0.2, 0.25) is 0 Å². The molecule has 0 aliphatic carbocycles. The molecule has 1 aliphatic rings. The first-order valence-corrected chi connectivity index (χ1v) is 7.40. The Morgan fingerprint density at radius 2 is 1.94 bits per heavy atom. The van der Waals surface area contributed by atoms with Crippen LogP contribution in [0.4, 0.5) is 5.69 Å². The number of hydrogen-bond acceptors (Lipinski definition) is 3. The summed E-state index contributed by atoms with van der Waals surface area (Å²) < 4.78 is 23.5. The van der Waals surface area contributed by atoms with Gasteiger partial charge in [0.25, 0.3) is 0 Å². The predicted octanol–water partition coefficient (Wildman–Crippen LogP) is 2.07. The Bertz CT molecular complexity index is 428. The first-order valence-electron chi connectivity index (χ1n) is 5.69. The molecular formula is C12H17NO2S. The lowest BCUT2D eigenvalue weighted by molar-refractivity contribution is 0.544. The lowest BCUT2D eigenvalue weighted by Crippen LogP contribution is -2.34. The first kappa shape index (κ1) is 11.5. The third-order valence-electron chi connectivity index (χ3n) is 3.02. The largest absolute Gasteiger partial charge is 0.384 e. The molecule has 1 unspecified atom stereocenters. The van der Waals surface area contributed by atoms with Gasteiger partial charge in [-0.3, -0.25) is 0 Å². The molecule has 1 aromatic carbocycles. The van der Waals surface area contributed by atoms with Gasteiger partial charge in [-0.1, -0.05) is 24.6 Å². The molecule has 3 nitrogen and oxygen atoms in total. The zero-order valence-corrected chi connectivity index (χ0v) is 10.0. The molecule has 0 spiro atoms. The van der Waals surface area contributed by atoms with Crippen LogP contribution in [0.1, 0.15) is 19.3 Å². The zero-order valence-electron chi connectivity index (χ0n) is 9.22. The van der Waals surface area contributed by atoms with Gasteiger partial charge in [-0.2, -0.15) is 0 Å². The quantitative estimate of drug-likeness (QED) is 0.878. The van der Waals surface area contributed by atoms with Gasteiger partial charge in [0.2, 0.25) is 0 Å². The molecule has 0 radical (unpaired) electrons. The van der Waals surface area contributed by atoms with Crippen molar-refractivity contribution in [1.29, 1.82) is 0 Å². The summed E-state index contributed by atoms with van der Waals surface area (Å²) in [7, 11) is -2.86. The summed E-state index contributed by atoms with van der Waals surface area (Å²) in [6.45, 7) is 0.534. The molecule has 0 saturated carbocycles. The third-order valence-corrected chi connectivity index (χ3v) is 5.30. The number of benzene rings is 1. The molecule has 1 atom stereocenters. The smallest absolute Gasteiger partial charge is 0.154 e. The molecule has 0 aromatic heterocycles. The standard InChI is InChI=1S/C12H17NO2S/c14-16(15)9-5-4-8-12(16)10-13-11-6-2-1-3-7-11/h1-3,6-7,12-13H,4-5,8-10H2. The molecule has 2 rings (SSSR count). The molecule has 0 amide bonds. The van der Waals surface area contributed by atoms with Crippen LogP contribution in [0.3, 0.4) is 0 Å². The van der Waals surface area contributed by atoms with Gasteiger partial charge in [-0.05, 0) is 25.0 Å². The zero-order chi connectivity index (χ0) is 11.4. The van der Waals surface area contributed by atoms with E-state index in [0.29, 0.717) is 12.3 Å². The van der Waals surface area contributed by atoms with E-state index in [1.807, 2.05) is 30.3 Å². The van der Waals surface area contributed by atoms with Gasteiger partial charge in [-0.15, -0.1) is 0 Å². The normalized spacial score (nSPS) is 23.9. The average Bonchev–Trinajstić information content (AvgIpc) is 2.28. The molecule has 1 heterocycles. The fourth-order valence-electron chi connectivity index (χ4n) is 2.04. The van der Waals surface area contributed by atoms with Gasteiger partial charge in [-0.25, -0.2) is 8.42 Å². The highest BCUT2D eigenvalue weighted by molar-refractivity contribution is 7.92. The van der Waals surface area contributed by atoms with Gasteiger partial charge in [0.15, 0.2) is 9.84 Å². The van der Waals surface area contributed by atoms with E-state index in [2.05, 4.69) is 5.32 Å². The first-order chi connectivity index (χ1) is 7.68. The molecule has 1 N–H and O–H groups in total. The van der Waals surface area contributed by atoms with E-state index in [-0.39, 0.29) is 5.25 Å². The van der Waals surface area contributed by atoms with Gasteiger partial charge in [0, 0.05) is 12.2 Å². The van der Waals surface area contributed by atoms with E-state index < -0.39 is 9.84 Å². The number of rotatable bonds is 3. The van der Waals surface area contributed by atoms with Gasteiger partial charge in [0.05, 0.1) is 11.0 Å². The maximum Gasteiger partial charge on any atom is 0.154 e. The van der Waals surface area contributed by atoms with Gasteiger partial charge in [0.1, 0.15) is 0 Å². The Balaban J connectivity index is 1.95.